The predicted octanol–water partition coefficient (Wildman–Crippen LogP) is 2.71. The molecule has 2 heteroatoms. The molecule has 0 aromatic heterocycles. The number of nitrogens with two attached hydrogens (primary N) is 1. The van der Waals surface area contributed by atoms with Gasteiger partial charge in [0.1, 0.15) is 0 Å². The first kappa shape index (κ1) is 10.5. The molecule has 1 saturated carbocycles. The van der Waals surface area contributed by atoms with Crippen molar-refractivity contribution in [2.75, 3.05) is 11.9 Å². The molecule has 3 N–H and O–H groups in total. The fourth-order valence-electron chi connectivity index (χ4n) is 1.77. The summed E-state index contributed by atoms with van der Waals surface area (Å²) in [5.41, 5.74) is 8.75. The minimum Gasteiger partial charge on any atom is -0.383 e. The molecule has 0 unspecified atom stereocenters. The number of nitrogens with one attached hydrogen (secondary N) is 1. The maximum Gasteiger partial charge on any atom is 0.0375 e. The Kier molecular flexibility index (Phi) is 2.70. The van der Waals surface area contributed by atoms with E-state index in [4.69, 9.17) is 5.73 Å². The molecule has 1 fully saturated rings. The third kappa shape index (κ3) is 2.51. The van der Waals surface area contributed by atoms with Crippen LogP contribution in [0.4, 0.5) is 5.69 Å². The van der Waals surface area contributed by atoms with Gasteiger partial charge in [-0.25, -0.2) is 0 Å². The molecule has 0 heterocycles. The van der Waals surface area contributed by atoms with Gasteiger partial charge in [0.05, 0.1) is 0 Å². The number of rotatable bonds is 4. The SMILES string of the molecule is CC(C)c1ccccc1NCC1(N)CC1. The van der Waals surface area contributed by atoms with Gasteiger partial charge in [-0.05, 0) is 30.4 Å². The molecular formula is C13H20N2. The summed E-state index contributed by atoms with van der Waals surface area (Å²) in [6.45, 7) is 5.34. The van der Waals surface area contributed by atoms with Gasteiger partial charge in [0.15, 0.2) is 0 Å². The summed E-state index contributed by atoms with van der Waals surface area (Å²) in [4.78, 5) is 0. The van der Waals surface area contributed by atoms with E-state index >= 15 is 0 Å². The highest BCUT2D eigenvalue weighted by atomic mass is 15.0. The summed E-state index contributed by atoms with van der Waals surface area (Å²) in [5.74, 6) is 0.557. The van der Waals surface area contributed by atoms with E-state index in [9.17, 15) is 0 Å². The van der Waals surface area contributed by atoms with Crippen LogP contribution in [0.25, 0.3) is 0 Å². The normalized spacial score (nSPS) is 17.9. The van der Waals surface area contributed by atoms with E-state index in [1.807, 2.05) is 0 Å². The number of anilines is 1. The van der Waals surface area contributed by atoms with E-state index in [0.717, 1.165) is 19.4 Å². The molecule has 0 saturated heterocycles. The maximum absolute atomic E-state index is 6.06. The zero-order valence-corrected chi connectivity index (χ0v) is 9.59. The molecule has 0 amide bonds. The first-order valence-electron chi connectivity index (χ1n) is 5.72. The van der Waals surface area contributed by atoms with Crippen molar-refractivity contribution in [3.8, 4) is 0 Å². The average molecular weight is 204 g/mol. The van der Waals surface area contributed by atoms with Crippen LogP contribution in [0.15, 0.2) is 24.3 Å². The van der Waals surface area contributed by atoms with Gasteiger partial charge in [0.2, 0.25) is 0 Å². The summed E-state index contributed by atoms with van der Waals surface area (Å²) in [6, 6.07) is 8.49. The highest BCUT2D eigenvalue weighted by Crippen LogP contribution is 2.33. The summed E-state index contributed by atoms with van der Waals surface area (Å²) in [7, 11) is 0. The van der Waals surface area contributed by atoms with E-state index in [-0.39, 0.29) is 5.54 Å². The first-order chi connectivity index (χ1) is 7.11. The molecule has 0 bridgehead atoms. The third-order valence-electron chi connectivity index (χ3n) is 3.11. The van der Waals surface area contributed by atoms with Crippen molar-refractivity contribution in [2.45, 2.75) is 38.1 Å². The second-order valence-electron chi connectivity index (χ2n) is 4.96. The molecule has 0 spiro atoms. The second kappa shape index (κ2) is 3.86. The maximum atomic E-state index is 6.06. The van der Waals surface area contributed by atoms with Crippen molar-refractivity contribution < 1.29 is 0 Å². The van der Waals surface area contributed by atoms with E-state index in [1.165, 1.54) is 11.3 Å². The third-order valence-corrected chi connectivity index (χ3v) is 3.11. The van der Waals surface area contributed by atoms with Gasteiger partial charge < -0.3 is 11.1 Å². The number of hydrogen-bond acceptors (Lipinski definition) is 2. The Bertz CT molecular complexity index is 340. The van der Waals surface area contributed by atoms with Gasteiger partial charge in [-0.3, -0.25) is 0 Å². The lowest BCUT2D eigenvalue weighted by Gasteiger charge is -2.16. The Balaban J connectivity index is 2.06. The van der Waals surface area contributed by atoms with Gasteiger partial charge in [0, 0.05) is 17.8 Å². The topological polar surface area (TPSA) is 38.0 Å². The Labute approximate surface area is 91.9 Å². The van der Waals surface area contributed by atoms with Gasteiger partial charge in [0.25, 0.3) is 0 Å². The van der Waals surface area contributed by atoms with Crippen LogP contribution >= 0.6 is 0 Å². The van der Waals surface area contributed by atoms with Crippen LogP contribution in [0.5, 0.6) is 0 Å². The quantitative estimate of drug-likeness (QED) is 0.791. The van der Waals surface area contributed by atoms with E-state index < -0.39 is 0 Å². The van der Waals surface area contributed by atoms with Crippen LogP contribution in [0.1, 0.15) is 38.2 Å². The largest absolute Gasteiger partial charge is 0.383 e. The summed E-state index contributed by atoms with van der Waals surface area (Å²) >= 11 is 0. The molecular weight excluding hydrogens is 184 g/mol. The lowest BCUT2D eigenvalue weighted by Crippen LogP contribution is -2.31. The molecule has 15 heavy (non-hydrogen) atoms. The van der Waals surface area contributed by atoms with Crippen LogP contribution in [0.2, 0.25) is 0 Å². The van der Waals surface area contributed by atoms with Crippen molar-refractivity contribution in [2.24, 2.45) is 5.73 Å². The molecule has 0 radical (unpaired) electrons. The molecule has 2 nitrogen and oxygen atoms in total. The first-order valence-corrected chi connectivity index (χ1v) is 5.72. The van der Waals surface area contributed by atoms with Gasteiger partial charge in [-0.15, -0.1) is 0 Å². The average Bonchev–Trinajstić information content (AvgIpc) is 2.95. The zero-order chi connectivity index (χ0) is 10.9. The number of hydrogen-bond donors (Lipinski definition) is 2. The minimum absolute atomic E-state index is 0.0735. The van der Waals surface area contributed by atoms with Crippen molar-refractivity contribution in [3.05, 3.63) is 29.8 Å². The van der Waals surface area contributed by atoms with Gasteiger partial charge >= 0.3 is 0 Å². The smallest absolute Gasteiger partial charge is 0.0375 e. The van der Waals surface area contributed by atoms with Gasteiger partial charge in [-0.1, -0.05) is 32.0 Å². The van der Waals surface area contributed by atoms with Crippen molar-refractivity contribution in [3.63, 3.8) is 0 Å². The Morgan fingerprint density at radius 2 is 2.00 bits per heavy atom. The molecule has 1 aliphatic rings. The van der Waals surface area contributed by atoms with Crippen molar-refractivity contribution in [1.82, 2.24) is 0 Å². The minimum atomic E-state index is 0.0735. The highest BCUT2D eigenvalue weighted by molar-refractivity contribution is 5.53. The van der Waals surface area contributed by atoms with E-state index in [0.29, 0.717) is 5.92 Å². The van der Waals surface area contributed by atoms with Crippen LogP contribution < -0.4 is 11.1 Å². The van der Waals surface area contributed by atoms with Crippen LogP contribution in [0, 0.1) is 0 Å². The van der Waals surface area contributed by atoms with Crippen LogP contribution in [-0.2, 0) is 0 Å². The van der Waals surface area contributed by atoms with Crippen molar-refractivity contribution >= 4 is 5.69 Å². The molecule has 82 valence electrons. The monoisotopic (exact) mass is 204 g/mol. The Morgan fingerprint density at radius 3 is 2.60 bits per heavy atom. The standard InChI is InChI=1S/C13H20N2/c1-10(2)11-5-3-4-6-12(11)15-9-13(14)7-8-13/h3-6,10,15H,7-9,14H2,1-2H3. The molecule has 1 aromatic carbocycles. The summed E-state index contributed by atoms with van der Waals surface area (Å²) < 4.78 is 0. The lowest BCUT2D eigenvalue weighted by molar-refractivity contribution is 0.711. The number of para-hydroxylation sites is 1. The van der Waals surface area contributed by atoms with Gasteiger partial charge in [-0.2, -0.15) is 0 Å². The summed E-state index contributed by atoms with van der Waals surface area (Å²) in [6.07, 6.45) is 2.31. The molecule has 1 aliphatic carbocycles. The van der Waals surface area contributed by atoms with Crippen molar-refractivity contribution in [1.29, 1.82) is 0 Å². The van der Waals surface area contributed by atoms with E-state index in [1.54, 1.807) is 0 Å². The van der Waals surface area contributed by atoms with E-state index in [2.05, 4.69) is 43.4 Å². The lowest BCUT2D eigenvalue weighted by atomic mass is 10.0. The molecule has 0 atom stereocenters. The Hall–Kier alpha value is -1.02. The molecule has 0 aliphatic heterocycles. The zero-order valence-electron chi connectivity index (χ0n) is 9.59. The highest BCUT2D eigenvalue weighted by Gasteiger charge is 2.37. The Morgan fingerprint density at radius 1 is 1.33 bits per heavy atom. The fourth-order valence-corrected chi connectivity index (χ4v) is 1.77. The fraction of sp³-hybridized carbons (Fsp3) is 0.538. The molecule has 1 aromatic rings. The molecule has 2 rings (SSSR count). The second-order valence-corrected chi connectivity index (χ2v) is 4.96. The summed E-state index contributed by atoms with van der Waals surface area (Å²) in [5, 5.41) is 3.47. The number of benzene rings is 1. The predicted molar refractivity (Wildman–Crippen MR) is 65.2 cm³/mol. The van der Waals surface area contributed by atoms with Crippen LogP contribution in [-0.4, -0.2) is 12.1 Å². The van der Waals surface area contributed by atoms with Crippen LogP contribution in [0.3, 0.4) is 0 Å².